The molecule has 7 heteroatoms. The van der Waals surface area contributed by atoms with Gasteiger partial charge in [-0.2, -0.15) is 0 Å². The minimum atomic E-state index is 0. The topological polar surface area (TPSA) is 49.6 Å². The Morgan fingerprint density at radius 3 is 2.48 bits per heavy atom. The number of hydrogen-bond donors (Lipinski definition) is 0. The Kier molecular flexibility index (Phi) is 7.41. The first-order chi connectivity index (χ1) is 9.59. The third-order valence-electron chi connectivity index (χ3n) is 3.57. The van der Waals surface area contributed by atoms with E-state index in [2.05, 4.69) is 19.8 Å². The monoisotopic (exact) mass is 406 g/mol. The van der Waals surface area contributed by atoms with Crippen LogP contribution in [0.1, 0.15) is 30.9 Å². The zero-order chi connectivity index (χ0) is 14.5. The Bertz CT molecular complexity index is 456. The van der Waals surface area contributed by atoms with Crippen LogP contribution in [0.15, 0.2) is 4.99 Å². The highest BCUT2D eigenvalue weighted by atomic mass is 127. The molecule has 2 heterocycles. The maximum absolute atomic E-state index is 4.66. The molecule has 0 spiro atoms. The van der Waals surface area contributed by atoms with E-state index in [0.717, 1.165) is 43.5 Å². The van der Waals surface area contributed by atoms with Crippen LogP contribution in [0, 0.1) is 0 Å². The number of aryl methyl sites for hydroxylation is 1. The SMILES string of the molecule is CN(C)C(=NCCc1nnc2n1CCCCC2)N(C)C.I. The molecule has 1 aromatic heterocycles. The van der Waals surface area contributed by atoms with Gasteiger partial charge in [-0.05, 0) is 12.8 Å². The van der Waals surface area contributed by atoms with Crippen molar-refractivity contribution in [3.63, 3.8) is 0 Å². The predicted molar refractivity (Wildman–Crippen MR) is 96.4 cm³/mol. The maximum Gasteiger partial charge on any atom is 0.195 e. The average Bonchev–Trinajstić information content (AvgIpc) is 2.62. The first kappa shape index (κ1) is 18.2. The molecule has 0 N–H and O–H groups in total. The number of rotatable bonds is 3. The van der Waals surface area contributed by atoms with E-state index < -0.39 is 0 Å². The van der Waals surface area contributed by atoms with Crippen LogP contribution in [0.25, 0.3) is 0 Å². The van der Waals surface area contributed by atoms with Gasteiger partial charge in [0.25, 0.3) is 0 Å². The number of fused-ring (bicyclic) bond motifs is 1. The van der Waals surface area contributed by atoms with Crippen LogP contribution in [0.5, 0.6) is 0 Å². The van der Waals surface area contributed by atoms with Gasteiger partial charge in [-0.1, -0.05) is 6.42 Å². The molecule has 0 fully saturated rings. The summed E-state index contributed by atoms with van der Waals surface area (Å²) in [6.07, 6.45) is 5.70. The molecule has 1 aliphatic heterocycles. The summed E-state index contributed by atoms with van der Waals surface area (Å²) in [5.74, 6) is 3.23. The van der Waals surface area contributed by atoms with Crippen molar-refractivity contribution in [2.24, 2.45) is 4.99 Å². The molecule has 0 atom stereocenters. The lowest BCUT2D eigenvalue weighted by atomic mass is 10.2. The van der Waals surface area contributed by atoms with Gasteiger partial charge < -0.3 is 14.4 Å². The fraction of sp³-hybridized carbons (Fsp3) is 0.786. The van der Waals surface area contributed by atoms with E-state index in [-0.39, 0.29) is 24.0 Å². The van der Waals surface area contributed by atoms with Crippen molar-refractivity contribution in [3.05, 3.63) is 11.6 Å². The third kappa shape index (κ3) is 4.82. The molecule has 1 aliphatic rings. The van der Waals surface area contributed by atoms with Gasteiger partial charge in [-0.3, -0.25) is 4.99 Å². The molecular formula is C14H27IN6. The van der Waals surface area contributed by atoms with Crippen LogP contribution >= 0.6 is 24.0 Å². The normalized spacial score (nSPS) is 13.7. The Labute approximate surface area is 144 Å². The van der Waals surface area contributed by atoms with Crippen molar-refractivity contribution in [3.8, 4) is 0 Å². The minimum absolute atomic E-state index is 0. The van der Waals surface area contributed by atoms with Gasteiger partial charge in [-0.25, -0.2) is 0 Å². The summed E-state index contributed by atoms with van der Waals surface area (Å²) in [5.41, 5.74) is 0. The van der Waals surface area contributed by atoms with Crippen LogP contribution in [-0.4, -0.2) is 65.3 Å². The van der Waals surface area contributed by atoms with Crippen molar-refractivity contribution < 1.29 is 0 Å². The third-order valence-corrected chi connectivity index (χ3v) is 3.57. The number of aliphatic imine (C=N–C) groups is 1. The lowest BCUT2D eigenvalue weighted by molar-refractivity contribution is 0.479. The number of halogens is 1. The second-order valence-corrected chi connectivity index (χ2v) is 5.72. The molecule has 21 heavy (non-hydrogen) atoms. The summed E-state index contributed by atoms with van der Waals surface area (Å²) < 4.78 is 2.30. The fourth-order valence-electron chi connectivity index (χ4n) is 2.67. The van der Waals surface area contributed by atoms with E-state index >= 15 is 0 Å². The van der Waals surface area contributed by atoms with E-state index in [4.69, 9.17) is 0 Å². The van der Waals surface area contributed by atoms with Crippen molar-refractivity contribution in [2.75, 3.05) is 34.7 Å². The first-order valence-electron chi connectivity index (χ1n) is 7.39. The van der Waals surface area contributed by atoms with E-state index in [9.17, 15) is 0 Å². The van der Waals surface area contributed by atoms with Gasteiger partial charge in [0.05, 0.1) is 0 Å². The van der Waals surface area contributed by atoms with E-state index in [1.165, 1.54) is 19.3 Å². The zero-order valence-corrected chi connectivity index (χ0v) is 15.9. The van der Waals surface area contributed by atoms with Gasteiger partial charge >= 0.3 is 0 Å². The standard InChI is InChI=1S/C14H26N6.HI/c1-18(2)14(19(3)4)15-10-9-13-17-16-12-8-6-5-7-11-20(12)13;/h5-11H2,1-4H3;1H. The van der Waals surface area contributed by atoms with Crippen LogP contribution in [-0.2, 0) is 19.4 Å². The molecule has 0 radical (unpaired) electrons. The van der Waals surface area contributed by atoms with Crippen LogP contribution in [0.3, 0.4) is 0 Å². The van der Waals surface area contributed by atoms with Gasteiger partial charge in [0.1, 0.15) is 11.6 Å². The number of nitrogens with zero attached hydrogens (tertiary/aromatic N) is 6. The van der Waals surface area contributed by atoms with Crippen molar-refractivity contribution in [2.45, 2.75) is 38.6 Å². The summed E-state index contributed by atoms with van der Waals surface area (Å²) in [5, 5.41) is 8.67. The van der Waals surface area contributed by atoms with E-state index in [1.807, 2.05) is 38.0 Å². The fourth-order valence-corrected chi connectivity index (χ4v) is 2.67. The van der Waals surface area contributed by atoms with Gasteiger partial charge in [0, 0.05) is 54.1 Å². The van der Waals surface area contributed by atoms with Gasteiger partial charge in [0.15, 0.2) is 5.96 Å². The Morgan fingerprint density at radius 2 is 1.81 bits per heavy atom. The summed E-state index contributed by atoms with van der Waals surface area (Å²) in [4.78, 5) is 8.72. The number of aromatic nitrogens is 3. The predicted octanol–water partition coefficient (Wildman–Crippen LogP) is 1.64. The van der Waals surface area contributed by atoms with Crippen molar-refractivity contribution in [1.82, 2.24) is 24.6 Å². The summed E-state index contributed by atoms with van der Waals surface area (Å²) in [6, 6.07) is 0. The number of hydrogen-bond acceptors (Lipinski definition) is 3. The second-order valence-electron chi connectivity index (χ2n) is 5.72. The molecule has 0 aliphatic carbocycles. The van der Waals surface area contributed by atoms with Gasteiger partial charge in [-0.15, -0.1) is 34.2 Å². The van der Waals surface area contributed by atoms with Crippen LogP contribution < -0.4 is 0 Å². The number of guanidine groups is 1. The Morgan fingerprint density at radius 1 is 1.10 bits per heavy atom. The van der Waals surface area contributed by atoms with Crippen molar-refractivity contribution >= 4 is 29.9 Å². The maximum atomic E-state index is 4.66. The summed E-state index contributed by atoms with van der Waals surface area (Å²) >= 11 is 0. The second kappa shape index (κ2) is 8.55. The molecule has 0 bridgehead atoms. The summed E-state index contributed by atoms with van der Waals surface area (Å²) in [6.45, 7) is 1.82. The highest BCUT2D eigenvalue weighted by Gasteiger charge is 2.14. The highest BCUT2D eigenvalue weighted by molar-refractivity contribution is 14.0. The van der Waals surface area contributed by atoms with E-state index in [0.29, 0.717) is 0 Å². The molecule has 0 saturated heterocycles. The quantitative estimate of drug-likeness (QED) is 0.435. The van der Waals surface area contributed by atoms with Crippen LogP contribution in [0.4, 0.5) is 0 Å². The van der Waals surface area contributed by atoms with Crippen LogP contribution in [0.2, 0.25) is 0 Å². The average molecular weight is 406 g/mol. The molecule has 0 amide bonds. The molecule has 0 aromatic carbocycles. The Hall–Kier alpha value is -0.860. The molecule has 2 rings (SSSR count). The molecule has 120 valence electrons. The molecule has 6 nitrogen and oxygen atoms in total. The zero-order valence-electron chi connectivity index (χ0n) is 13.5. The lowest BCUT2D eigenvalue weighted by Crippen LogP contribution is -2.35. The Balaban J connectivity index is 0.00000220. The molecular weight excluding hydrogens is 379 g/mol. The largest absolute Gasteiger partial charge is 0.349 e. The first-order valence-corrected chi connectivity index (χ1v) is 7.39. The lowest BCUT2D eigenvalue weighted by Gasteiger charge is -2.22. The minimum Gasteiger partial charge on any atom is -0.349 e. The van der Waals surface area contributed by atoms with E-state index in [1.54, 1.807) is 0 Å². The van der Waals surface area contributed by atoms with Gasteiger partial charge in [0.2, 0.25) is 0 Å². The van der Waals surface area contributed by atoms with Crippen molar-refractivity contribution in [1.29, 1.82) is 0 Å². The smallest absolute Gasteiger partial charge is 0.195 e. The molecule has 0 saturated carbocycles. The molecule has 0 unspecified atom stereocenters. The highest BCUT2D eigenvalue weighted by Crippen LogP contribution is 2.14. The summed E-state index contributed by atoms with van der Waals surface area (Å²) in [7, 11) is 8.06. The molecule has 1 aromatic rings.